The zero-order valence-corrected chi connectivity index (χ0v) is 14.1. The van der Waals surface area contributed by atoms with E-state index >= 15 is 0 Å². The minimum atomic E-state index is -0.765. The van der Waals surface area contributed by atoms with Gasteiger partial charge < -0.3 is 15.4 Å². The van der Waals surface area contributed by atoms with E-state index in [0.717, 1.165) is 5.56 Å². The third kappa shape index (κ3) is 6.64. The largest absolute Gasteiger partial charge is 0.464 e. The summed E-state index contributed by atoms with van der Waals surface area (Å²) in [5.74, 6) is -0.697. The van der Waals surface area contributed by atoms with Crippen LogP contribution in [0.15, 0.2) is 18.2 Å². The van der Waals surface area contributed by atoms with Crippen LogP contribution in [0.2, 0.25) is 10.0 Å². The molecule has 2 N–H and O–H groups in total. The maximum atomic E-state index is 12.0. The van der Waals surface area contributed by atoms with Crippen LogP contribution in [0.4, 0.5) is 0 Å². The number of carbonyl (C=O) groups is 2. The molecule has 0 radical (unpaired) electrons. The molecule has 0 aromatic heterocycles. The minimum absolute atomic E-state index is 0.222. The van der Waals surface area contributed by atoms with Gasteiger partial charge in [0, 0.05) is 29.4 Å². The third-order valence-electron chi connectivity index (χ3n) is 2.87. The van der Waals surface area contributed by atoms with E-state index in [-0.39, 0.29) is 25.4 Å². The minimum Gasteiger partial charge on any atom is -0.464 e. The second-order valence-electron chi connectivity index (χ2n) is 4.71. The molecule has 1 aromatic carbocycles. The van der Waals surface area contributed by atoms with E-state index in [4.69, 9.17) is 27.9 Å². The zero-order chi connectivity index (χ0) is 16.5. The Labute approximate surface area is 140 Å². The van der Waals surface area contributed by atoms with Crippen LogP contribution in [-0.2, 0) is 20.7 Å². The summed E-state index contributed by atoms with van der Waals surface area (Å²) in [6.45, 7) is 2.50. The van der Waals surface area contributed by atoms with Crippen molar-refractivity contribution in [2.24, 2.45) is 0 Å². The molecule has 0 saturated heterocycles. The van der Waals surface area contributed by atoms with E-state index in [9.17, 15) is 9.59 Å². The van der Waals surface area contributed by atoms with Gasteiger partial charge in [-0.25, -0.2) is 4.79 Å². The van der Waals surface area contributed by atoms with E-state index in [1.807, 2.05) is 0 Å². The molecule has 0 aliphatic rings. The van der Waals surface area contributed by atoms with Gasteiger partial charge in [-0.05, 0) is 37.7 Å². The Kier molecular flexibility index (Phi) is 8.24. The van der Waals surface area contributed by atoms with Gasteiger partial charge in [-0.15, -0.1) is 0 Å². The number of ether oxygens (including phenoxy) is 1. The number of hydrogen-bond donors (Lipinski definition) is 2. The SMILES string of the molecule is CCOC(=O)C(Cc1cc(Cl)cc(Cl)c1)NC(=O)CCNC. The van der Waals surface area contributed by atoms with Crippen molar-refractivity contribution in [1.82, 2.24) is 10.6 Å². The Morgan fingerprint density at radius 2 is 1.86 bits per heavy atom. The number of amides is 1. The maximum Gasteiger partial charge on any atom is 0.328 e. The van der Waals surface area contributed by atoms with Gasteiger partial charge in [0.25, 0.3) is 0 Å². The number of rotatable bonds is 8. The molecule has 0 aliphatic heterocycles. The summed E-state index contributed by atoms with van der Waals surface area (Å²) in [6, 6.07) is 4.26. The first kappa shape index (κ1) is 18.7. The van der Waals surface area contributed by atoms with E-state index in [1.54, 1.807) is 32.2 Å². The van der Waals surface area contributed by atoms with E-state index in [1.165, 1.54) is 0 Å². The topological polar surface area (TPSA) is 67.4 Å². The van der Waals surface area contributed by atoms with Crippen molar-refractivity contribution in [3.63, 3.8) is 0 Å². The summed E-state index contributed by atoms with van der Waals surface area (Å²) in [7, 11) is 1.75. The van der Waals surface area contributed by atoms with Crippen LogP contribution in [0, 0.1) is 0 Å². The summed E-state index contributed by atoms with van der Waals surface area (Å²) < 4.78 is 5.01. The molecule has 5 nitrogen and oxygen atoms in total. The Balaban J connectivity index is 2.80. The number of benzene rings is 1. The van der Waals surface area contributed by atoms with E-state index in [2.05, 4.69) is 10.6 Å². The van der Waals surface area contributed by atoms with Gasteiger partial charge in [0.2, 0.25) is 5.91 Å². The number of nitrogens with one attached hydrogen (secondary N) is 2. The van der Waals surface area contributed by atoms with Gasteiger partial charge in [0.1, 0.15) is 6.04 Å². The van der Waals surface area contributed by atoms with Crippen LogP contribution >= 0.6 is 23.2 Å². The molecule has 1 amide bonds. The van der Waals surface area contributed by atoms with Gasteiger partial charge >= 0.3 is 5.97 Å². The van der Waals surface area contributed by atoms with Gasteiger partial charge in [-0.2, -0.15) is 0 Å². The van der Waals surface area contributed by atoms with Gasteiger partial charge in [-0.3, -0.25) is 4.79 Å². The van der Waals surface area contributed by atoms with Crippen LogP contribution < -0.4 is 10.6 Å². The zero-order valence-electron chi connectivity index (χ0n) is 12.6. The summed E-state index contributed by atoms with van der Waals surface area (Å²) in [6.07, 6.45) is 0.549. The number of esters is 1. The molecule has 0 saturated carbocycles. The second-order valence-corrected chi connectivity index (χ2v) is 5.58. The lowest BCUT2D eigenvalue weighted by Crippen LogP contribution is -2.44. The summed E-state index contributed by atoms with van der Waals surface area (Å²) in [5.41, 5.74) is 0.754. The highest BCUT2D eigenvalue weighted by atomic mass is 35.5. The second kappa shape index (κ2) is 9.66. The fraction of sp³-hybridized carbons (Fsp3) is 0.467. The van der Waals surface area contributed by atoms with Crippen molar-refractivity contribution in [2.45, 2.75) is 25.8 Å². The predicted molar refractivity (Wildman–Crippen MR) is 87.3 cm³/mol. The number of carbonyl (C=O) groups excluding carboxylic acids is 2. The Hall–Kier alpha value is -1.30. The Bertz CT molecular complexity index is 503. The smallest absolute Gasteiger partial charge is 0.328 e. The summed E-state index contributed by atoms with van der Waals surface area (Å²) >= 11 is 11.9. The standard InChI is InChI=1S/C15H20Cl2N2O3/c1-3-22-15(21)13(19-14(20)4-5-18-2)8-10-6-11(16)9-12(17)7-10/h6-7,9,13,18H,3-5,8H2,1-2H3,(H,19,20). The van der Waals surface area contributed by atoms with Crippen LogP contribution in [0.3, 0.4) is 0 Å². The molecule has 0 spiro atoms. The van der Waals surface area contributed by atoms with Crippen molar-refractivity contribution in [3.8, 4) is 0 Å². The molecule has 0 aliphatic carbocycles. The average Bonchev–Trinajstić information content (AvgIpc) is 2.43. The molecule has 0 heterocycles. The molecule has 122 valence electrons. The molecule has 1 aromatic rings. The van der Waals surface area contributed by atoms with E-state index < -0.39 is 12.0 Å². The normalized spacial score (nSPS) is 11.8. The third-order valence-corrected chi connectivity index (χ3v) is 3.31. The predicted octanol–water partition coefficient (Wildman–Crippen LogP) is 2.19. The highest BCUT2D eigenvalue weighted by Gasteiger charge is 2.22. The summed E-state index contributed by atoms with van der Waals surface area (Å²) in [5, 5.41) is 6.52. The number of hydrogen-bond acceptors (Lipinski definition) is 4. The van der Waals surface area contributed by atoms with Crippen molar-refractivity contribution >= 4 is 35.1 Å². The van der Waals surface area contributed by atoms with Crippen molar-refractivity contribution in [3.05, 3.63) is 33.8 Å². The monoisotopic (exact) mass is 346 g/mol. The molecule has 1 unspecified atom stereocenters. The molecule has 0 fully saturated rings. The fourth-order valence-electron chi connectivity index (χ4n) is 1.91. The first-order valence-electron chi connectivity index (χ1n) is 7.01. The molecular formula is C15H20Cl2N2O3. The average molecular weight is 347 g/mol. The number of halogens is 2. The van der Waals surface area contributed by atoms with Gasteiger partial charge in [-0.1, -0.05) is 23.2 Å². The van der Waals surface area contributed by atoms with Crippen molar-refractivity contribution in [2.75, 3.05) is 20.2 Å². The van der Waals surface area contributed by atoms with Crippen LogP contribution in [-0.4, -0.2) is 38.1 Å². The van der Waals surface area contributed by atoms with Crippen LogP contribution in [0.25, 0.3) is 0 Å². The fourth-order valence-corrected chi connectivity index (χ4v) is 2.48. The lowest BCUT2D eigenvalue weighted by molar-refractivity contribution is -0.147. The van der Waals surface area contributed by atoms with Crippen LogP contribution in [0.1, 0.15) is 18.9 Å². The van der Waals surface area contributed by atoms with Gasteiger partial charge in [0.05, 0.1) is 6.61 Å². The molecule has 0 bridgehead atoms. The molecular weight excluding hydrogens is 327 g/mol. The highest BCUT2D eigenvalue weighted by Crippen LogP contribution is 2.20. The first-order valence-corrected chi connectivity index (χ1v) is 7.77. The molecule has 22 heavy (non-hydrogen) atoms. The Morgan fingerprint density at radius 3 is 2.41 bits per heavy atom. The molecule has 1 atom stereocenters. The van der Waals surface area contributed by atoms with Crippen molar-refractivity contribution < 1.29 is 14.3 Å². The lowest BCUT2D eigenvalue weighted by atomic mass is 10.1. The highest BCUT2D eigenvalue weighted by molar-refractivity contribution is 6.34. The van der Waals surface area contributed by atoms with Crippen molar-refractivity contribution in [1.29, 1.82) is 0 Å². The molecule has 1 rings (SSSR count). The van der Waals surface area contributed by atoms with E-state index in [0.29, 0.717) is 16.6 Å². The molecule has 7 heteroatoms. The van der Waals surface area contributed by atoms with Gasteiger partial charge in [0.15, 0.2) is 0 Å². The van der Waals surface area contributed by atoms with Crippen LogP contribution in [0.5, 0.6) is 0 Å². The summed E-state index contributed by atoms with van der Waals surface area (Å²) in [4.78, 5) is 23.8. The Morgan fingerprint density at radius 1 is 1.23 bits per heavy atom. The maximum absolute atomic E-state index is 12.0. The quantitative estimate of drug-likeness (QED) is 0.708. The lowest BCUT2D eigenvalue weighted by Gasteiger charge is -2.17. The first-order chi connectivity index (χ1) is 10.5.